The number of halogens is 2. The van der Waals surface area contributed by atoms with Crippen LogP contribution in [0.3, 0.4) is 0 Å². The average molecular weight is 441 g/mol. The Morgan fingerprint density at radius 1 is 1.16 bits per heavy atom. The second-order valence-corrected chi connectivity index (χ2v) is 9.00. The van der Waals surface area contributed by atoms with Crippen LogP contribution in [0.4, 0.5) is 8.78 Å². The maximum atomic E-state index is 14.3. The fourth-order valence-electron chi connectivity index (χ4n) is 4.10. The van der Waals surface area contributed by atoms with Gasteiger partial charge in [0.05, 0.1) is 12.6 Å². The molecule has 0 amide bonds. The highest BCUT2D eigenvalue weighted by atomic mass is 32.2. The number of aromatic amines is 1. The minimum Gasteiger partial charge on any atom is -0.376 e. The number of nitrogens with zero attached hydrogens (tertiary/aromatic N) is 3. The van der Waals surface area contributed by atoms with Crippen LogP contribution in [0, 0.1) is 11.6 Å². The number of hydrogen-bond acceptors (Lipinski definition) is 4. The van der Waals surface area contributed by atoms with Crippen LogP contribution in [0.2, 0.25) is 0 Å². The van der Waals surface area contributed by atoms with E-state index in [1.54, 1.807) is 6.92 Å². The molecule has 4 aromatic rings. The third kappa shape index (κ3) is 3.85. The maximum absolute atomic E-state index is 14.3. The number of H-pyrrole nitrogens is 1. The van der Waals surface area contributed by atoms with E-state index >= 15 is 0 Å². The standard InChI is InChI=1S/C23H22F2N4OS/c1-14(21-18(24)8-4-9-19(21)25)31-23-28-27-22(29(23)13-15-6-5-11-30-15)17-12-26-20-10-3-2-7-16(17)20/h2-4,7-10,12,14-15,26H,5-6,11,13H2,1H3. The molecule has 160 valence electrons. The monoisotopic (exact) mass is 440 g/mol. The second-order valence-electron chi connectivity index (χ2n) is 7.70. The second kappa shape index (κ2) is 8.43. The lowest BCUT2D eigenvalue weighted by Crippen LogP contribution is -2.17. The highest BCUT2D eigenvalue weighted by Gasteiger charge is 2.25. The number of ether oxygens (including phenoxy) is 1. The summed E-state index contributed by atoms with van der Waals surface area (Å²) in [6, 6.07) is 12.0. The van der Waals surface area contributed by atoms with Crippen LogP contribution in [0.15, 0.2) is 53.8 Å². The zero-order valence-electron chi connectivity index (χ0n) is 17.0. The highest BCUT2D eigenvalue weighted by Crippen LogP contribution is 2.39. The number of nitrogens with one attached hydrogen (secondary N) is 1. The van der Waals surface area contributed by atoms with Crippen molar-refractivity contribution < 1.29 is 13.5 Å². The van der Waals surface area contributed by atoms with Crippen molar-refractivity contribution in [1.29, 1.82) is 0 Å². The summed E-state index contributed by atoms with van der Waals surface area (Å²) in [7, 11) is 0. The maximum Gasteiger partial charge on any atom is 0.192 e. The molecule has 0 spiro atoms. The molecule has 2 aromatic heterocycles. The van der Waals surface area contributed by atoms with E-state index in [2.05, 4.69) is 15.2 Å². The summed E-state index contributed by atoms with van der Waals surface area (Å²) >= 11 is 1.30. The number of thioether (sulfide) groups is 1. The fraction of sp³-hybridized carbons (Fsp3) is 0.304. The van der Waals surface area contributed by atoms with Gasteiger partial charge in [-0.05, 0) is 38.0 Å². The van der Waals surface area contributed by atoms with Crippen LogP contribution in [0.1, 0.15) is 30.6 Å². The first-order valence-corrected chi connectivity index (χ1v) is 11.2. The van der Waals surface area contributed by atoms with Crippen molar-refractivity contribution in [2.45, 2.75) is 42.8 Å². The molecular weight excluding hydrogens is 418 g/mol. The zero-order chi connectivity index (χ0) is 21.4. The van der Waals surface area contributed by atoms with E-state index in [0.717, 1.165) is 41.7 Å². The highest BCUT2D eigenvalue weighted by molar-refractivity contribution is 7.99. The molecule has 5 rings (SSSR count). The van der Waals surface area contributed by atoms with Crippen molar-refractivity contribution >= 4 is 22.7 Å². The lowest BCUT2D eigenvalue weighted by Gasteiger charge is -2.17. The van der Waals surface area contributed by atoms with E-state index in [1.807, 2.05) is 35.0 Å². The lowest BCUT2D eigenvalue weighted by molar-refractivity contribution is 0.0953. The van der Waals surface area contributed by atoms with Gasteiger partial charge in [-0.15, -0.1) is 10.2 Å². The summed E-state index contributed by atoms with van der Waals surface area (Å²) in [4.78, 5) is 3.28. The summed E-state index contributed by atoms with van der Waals surface area (Å²) < 4.78 is 36.5. The number of benzene rings is 2. The number of hydrogen-bond donors (Lipinski definition) is 1. The van der Waals surface area contributed by atoms with Gasteiger partial charge in [-0.1, -0.05) is 36.0 Å². The van der Waals surface area contributed by atoms with Crippen molar-refractivity contribution in [3.63, 3.8) is 0 Å². The summed E-state index contributed by atoms with van der Waals surface area (Å²) in [6.45, 7) is 3.12. The van der Waals surface area contributed by atoms with Gasteiger partial charge >= 0.3 is 0 Å². The molecule has 2 unspecified atom stereocenters. The van der Waals surface area contributed by atoms with Crippen LogP contribution >= 0.6 is 11.8 Å². The van der Waals surface area contributed by atoms with Crippen molar-refractivity contribution in [2.24, 2.45) is 0 Å². The van der Waals surface area contributed by atoms with Crippen LogP contribution in [-0.4, -0.2) is 32.5 Å². The molecule has 1 N–H and O–H groups in total. The minimum absolute atomic E-state index is 0.0489. The molecule has 0 bridgehead atoms. The summed E-state index contributed by atoms with van der Waals surface area (Å²) in [5, 5.41) is 10.1. The molecule has 0 saturated carbocycles. The van der Waals surface area contributed by atoms with Crippen molar-refractivity contribution in [1.82, 2.24) is 19.7 Å². The molecule has 1 saturated heterocycles. The molecule has 2 aromatic carbocycles. The Morgan fingerprint density at radius 2 is 1.97 bits per heavy atom. The van der Waals surface area contributed by atoms with Crippen LogP contribution in [0.5, 0.6) is 0 Å². The molecule has 1 aliphatic heterocycles. The average Bonchev–Trinajstić information content (AvgIpc) is 3.49. The van der Waals surface area contributed by atoms with E-state index in [4.69, 9.17) is 4.74 Å². The Balaban J connectivity index is 1.54. The van der Waals surface area contributed by atoms with E-state index < -0.39 is 16.9 Å². The van der Waals surface area contributed by atoms with Crippen molar-refractivity contribution in [3.8, 4) is 11.4 Å². The van der Waals surface area contributed by atoms with Crippen LogP contribution in [0.25, 0.3) is 22.3 Å². The van der Waals surface area contributed by atoms with Gasteiger partial charge in [0.2, 0.25) is 0 Å². The first-order chi connectivity index (χ1) is 15.1. The summed E-state index contributed by atoms with van der Waals surface area (Å²) in [6.07, 6.45) is 3.98. The summed E-state index contributed by atoms with van der Waals surface area (Å²) in [5.41, 5.74) is 2.01. The van der Waals surface area contributed by atoms with E-state index in [9.17, 15) is 8.78 Å². The van der Waals surface area contributed by atoms with E-state index in [-0.39, 0.29) is 11.7 Å². The first-order valence-electron chi connectivity index (χ1n) is 10.3. The van der Waals surface area contributed by atoms with Crippen molar-refractivity contribution in [3.05, 3.63) is 65.9 Å². The normalized spacial score (nSPS) is 17.5. The van der Waals surface area contributed by atoms with Gasteiger partial charge in [0.25, 0.3) is 0 Å². The van der Waals surface area contributed by atoms with Gasteiger partial charge in [0, 0.05) is 40.1 Å². The number of rotatable bonds is 6. The largest absolute Gasteiger partial charge is 0.376 e. The van der Waals surface area contributed by atoms with Gasteiger partial charge in [-0.3, -0.25) is 4.57 Å². The third-order valence-corrected chi connectivity index (χ3v) is 6.75. The van der Waals surface area contributed by atoms with Gasteiger partial charge in [-0.2, -0.15) is 0 Å². The molecular formula is C23H22F2N4OS. The van der Waals surface area contributed by atoms with Gasteiger partial charge in [0.15, 0.2) is 11.0 Å². The Labute approximate surface area is 182 Å². The zero-order valence-corrected chi connectivity index (χ0v) is 17.8. The quantitative estimate of drug-likeness (QED) is 0.389. The molecule has 0 radical (unpaired) electrons. The first kappa shape index (κ1) is 20.2. The smallest absolute Gasteiger partial charge is 0.192 e. The third-order valence-electron chi connectivity index (χ3n) is 5.65. The Morgan fingerprint density at radius 3 is 2.74 bits per heavy atom. The molecule has 1 fully saturated rings. The van der Waals surface area contributed by atoms with E-state index in [1.165, 1.54) is 30.0 Å². The van der Waals surface area contributed by atoms with E-state index in [0.29, 0.717) is 11.7 Å². The molecule has 8 heteroatoms. The molecule has 31 heavy (non-hydrogen) atoms. The van der Waals surface area contributed by atoms with Crippen LogP contribution < -0.4 is 0 Å². The Hall–Kier alpha value is -2.71. The van der Waals surface area contributed by atoms with Gasteiger partial charge in [-0.25, -0.2) is 8.78 Å². The fourth-order valence-corrected chi connectivity index (χ4v) is 5.14. The lowest BCUT2D eigenvalue weighted by atomic mass is 10.1. The topological polar surface area (TPSA) is 55.7 Å². The number of fused-ring (bicyclic) bond motifs is 1. The number of aromatic nitrogens is 4. The molecule has 1 aliphatic rings. The SMILES string of the molecule is CC(Sc1nnc(-c2c[nH]c3ccccc23)n1CC1CCCO1)c1c(F)cccc1F. The Bertz CT molecular complexity index is 1200. The van der Waals surface area contributed by atoms with Gasteiger partial charge < -0.3 is 9.72 Å². The predicted octanol–water partition coefficient (Wildman–Crippen LogP) is 5.74. The predicted molar refractivity (Wildman–Crippen MR) is 117 cm³/mol. The van der Waals surface area contributed by atoms with Crippen molar-refractivity contribution in [2.75, 3.05) is 6.61 Å². The number of para-hydroxylation sites is 1. The molecule has 3 heterocycles. The minimum atomic E-state index is -0.554. The van der Waals surface area contributed by atoms with Crippen LogP contribution in [-0.2, 0) is 11.3 Å². The Kier molecular flexibility index (Phi) is 5.50. The molecule has 2 atom stereocenters. The van der Waals surface area contributed by atoms with Gasteiger partial charge in [0.1, 0.15) is 11.6 Å². The molecule has 5 nitrogen and oxygen atoms in total. The molecule has 0 aliphatic carbocycles. The summed E-state index contributed by atoms with van der Waals surface area (Å²) in [5.74, 6) is -0.388.